The molecule has 8 heteroatoms. The van der Waals surface area contributed by atoms with Crippen LogP contribution in [0.5, 0.6) is 0 Å². The Morgan fingerprint density at radius 1 is 1.40 bits per heavy atom. The van der Waals surface area contributed by atoms with Gasteiger partial charge in [-0.3, -0.25) is 0 Å². The number of hydrogen-bond acceptors (Lipinski definition) is 4. The Hall–Kier alpha value is -0.340. The van der Waals surface area contributed by atoms with E-state index >= 15 is 0 Å². The Morgan fingerprint density at radius 2 is 2.10 bits per heavy atom. The van der Waals surface area contributed by atoms with E-state index in [0.29, 0.717) is 12.3 Å². The minimum Gasteiger partial charge on any atom is -0.313 e. The van der Waals surface area contributed by atoms with Gasteiger partial charge in [0, 0.05) is 29.4 Å². The van der Waals surface area contributed by atoms with Crippen LogP contribution >= 0.6 is 23.4 Å². The molecule has 1 aromatic rings. The minimum atomic E-state index is -3.88. The fraction of sp³-hybridized carbons (Fsp3) is 0.500. The summed E-state index contributed by atoms with van der Waals surface area (Å²) in [6, 6.07) is 2.56. The maximum atomic E-state index is 14.3. The molecule has 0 spiro atoms. The number of sulfonamides is 1. The SMILES string of the molecule is CCNCc1cc(Cl)cc(S(=O)(=O)NCCSC)c1F. The maximum Gasteiger partial charge on any atom is 0.243 e. The summed E-state index contributed by atoms with van der Waals surface area (Å²) in [5.41, 5.74) is 0.240. The predicted molar refractivity (Wildman–Crippen MR) is 82.4 cm³/mol. The van der Waals surface area contributed by atoms with Crippen molar-refractivity contribution in [3.63, 3.8) is 0 Å². The first kappa shape index (κ1) is 17.7. The number of nitrogens with one attached hydrogen (secondary N) is 2. The van der Waals surface area contributed by atoms with Crippen molar-refractivity contribution in [2.75, 3.05) is 25.1 Å². The summed E-state index contributed by atoms with van der Waals surface area (Å²) in [6.45, 7) is 3.01. The minimum absolute atomic E-state index is 0.199. The van der Waals surface area contributed by atoms with Gasteiger partial charge in [-0.05, 0) is 24.9 Å². The summed E-state index contributed by atoms with van der Waals surface area (Å²) in [6.07, 6.45) is 1.86. The molecular weight excluding hydrogens is 323 g/mol. The van der Waals surface area contributed by atoms with Crippen LogP contribution in [0, 0.1) is 5.82 Å². The molecule has 20 heavy (non-hydrogen) atoms. The molecule has 114 valence electrons. The molecule has 0 aliphatic rings. The third-order valence-corrected chi connectivity index (χ3v) is 4.82. The molecule has 0 saturated heterocycles. The zero-order valence-electron chi connectivity index (χ0n) is 11.4. The fourth-order valence-corrected chi connectivity index (χ4v) is 3.47. The van der Waals surface area contributed by atoms with Crippen molar-refractivity contribution in [1.82, 2.24) is 10.0 Å². The van der Waals surface area contributed by atoms with E-state index in [0.717, 1.165) is 6.07 Å². The third-order valence-electron chi connectivity index (χ3n) is 2.53. The molecule has 2 N–H and O–H groups in total. The van der Waals surface area contributed by atoms with Crippen LogP contribution in [-0.4, -0.2) is 33.5 Å². The summed E-state index contributed by atoms with van der Waals surface area (Å²) in [5, 5.41) is 3.15. The highest BCUT2D eigenvalue weighted by Gasteiger charge is 2.21. The summed E-state index contributed by atoms with van der Waals surface area (Å²) < 4.78 is 40.8. The Bertz CT molecular complexity index is 553. The van der Waals surface area contributed by atoms with Gasteiger partial charge in [0.05, 0.1) is 0 Å². The van der Waals surface area contributed by atoms with Gasteiger partial charge in [-0.15, -0.1) is 0 Å². The van der Waals surface area contributed by atoms with E-state index in [4.69, 9.17) is 11.6 Å². The smallest absolute Gasteiger partial charge is 0.243 e. The van der Waals surface area contributed by atoms with Crippen molar-refractivity contribution >= 4 is 33.4 Å². The molecule has 0 amide bonds. The summed E-state index contributed by atoms with van der Waals surface area (Å²) >= 11 is 7.38. The first-order valence-corrected chi connectivity index (χ1v) is 9.35. The topological polar surface area (TPSA) is 58.2 Å². The van der Waals surface area contributed by atoms with Crippen LogP contribution in [0.4, 0.5) is 4.39 Å². The molecule has 0 aliphatic carbocycles. The lowest BCUT2D eigenvalue weighted by atomic mass is 10.2. The molecule has 0 saturated carbocycles. The van der Waals surface area contributed by atoms with Crippen molar-refractivity contribution in [2.45, 2.75) is 18.4 Å². The van der Waals surface area contributed by atoms with E-state index in [1.807, 2.05) is 13.2 Å². The number of rotatable bonds is 8. The van der Waals surface area contributed by atoms with Gasteiger partial charge in [0.25, 0.3) is 0 Å². The van der Waals surface area contributed by atoms with E-state index in [9.17, 15) is 12.8 Å². The molecule has 0 fully saturated rings. The predicted octanol–water partition coefficient (Wildman–Crippen LogP) is 2.23. The zero-order valence-corrected chi connectivity index (χ0v) is 13.8. The molecule has 1 rings (SSSR count). The highest BCUT2D eigenvalue weighted by molar-refractivity contribution is 7.98. The molecule has 0 radical (unpaired) electrons. The monoisotopic (exact) mass is 340 g/mol. The number of halogens is 2. The van der Waals surface area contributed by atoms with Crippen LogP contribution in [0.2, 0.25) is 5.02 Å². The van der Waals surface area contributed by atoms with E-state index in [-0.39, 0.29) is 23.7 Å². The average molecular weight is 341 g/mol. The second kappa shape index (κ2) is 8.19. The van der Waals surface area contributed by atoms with Crippen LogP contribution < -0.4 is 10.0 Å². The third kappa shape index (κ3) is 4.89. The first-order valence-electron chi connectivity index (χ1n) is 6.09. The maximum absolute atomic E-state index is 14.3. The van der Waals surface area contributed by atoms with Crippen molar-refractivity contribution < 1.29 is 12.8 Å². The number of benzene rings is 1. The van der Waals surface area contributed by atoms with E-state index in [1.54, 1.807) is 0 Å². The molecule has 0 heterocycles. The van der Waals surface area contributed by atoms with Gasteiger partial charge in [-0.1, -0.05) is 18.5 Å². The largest absolute Gasteiger partial charge is 0.313 e. The molecule has 0 unspecified atom stereocenters. The van der Waals surface area contributed by atoms with Gasteiger partial charge < -0.3 is 5.32 Å². The van der Waals surface area contributed by atoms with Crippen LogP contribution in [0.1, 0.15) is 12.5 Å². The van der Waals surface area contributed by atoms with Crippen molar-refractivity contribution in [1.29, 1.82) is 0 Å². The summed E-state index contributed by atoms with van der Waals surface area (Å²) in [5.74, 6) is -0.141. The summed E-state index contributed by atoms with van der Waals surface area (Å²) in [7, 11) is -3.88. The zero-order chi connectivity index (χ0) is 15.2. The highest BCUT2D eigenvalue weighted by atomic mass is 35.5. The van der Waals surface area contributed by atoms with Crippen LogP contribution in [-0.2, 0) is 16.6 Å². The van der Waals surface area contributed by atoms with Crippen LogP contribution in [0.15, 0.2) is 17.0 Å². The molecular formula is C12H18ClFN2O2S2. The Balaban J connectivity index is 3.07. The Labute approximate surface area is 128 Å². The van der Waals surface area contributed by atoms with Gasteiger partial charge in [0.1, 0.15) is 10.7 Å². The molecule has 0 atom stereocenters. The number of thioether (sulfide) groups is 1. The fourth-order valence-electron chi connectivity index (χ4n) is 1.56. The van der Waals surface area contributed by atoms with Crippen LogP contribution in [0.25, 0.3) is 0 Å². The quantitative estimate of drug-likeness (QED) is 0.712. The van der Waals surface area contributed by atoms with E-state index < -0.39 is 20.7 Å². The van der Waals surface area contributed by atoms with Gasteiger partial charge in [0.2, 0.25) is 10.0 Å². The van der Waals surface area contributed by atoms with Crippen molar-refractivity contribution in [3.8, 4) is 0 Å². The Kier molecular flexibility index (Phi) is 7.25. The highest BCUT2D eigenvalue weighted by Crippen LogP contribution is 2.23. The molecule has 0 bridgehead atoms. The van der Waals surface area contributed by atoms with E-state index in [2.05, 4.69) is 10.0 Å². The van der Waals surface area contributed by atoms with Gasteiger partial charge in [-0.25, -0.2) is 17.5 Å². The van der Waals surface area contributed by atoms with E-state index in [1.165, 1.54) is 17.8 Å². The number of hydrogen-bond donors (Lipinski definition) is 2. The lowest BCUT2D eigenvalue weighted by Gasteiger charge is -2.11. The lowest BCUT2D eigenvalue weighted by molar-refractivity contribution is 0.545. The lowest BCUT2D eigenvalue weighted by Crippen LogP contribution is -2.27. The molecule has 0 aromatic heterocycles. The van der Waals surface area contributed by atoms with Crippen molar-refractivity contribution in [2.24, 2.45) is 0 Å². The van der Waals surface area contributed by atoms with Crippen molar-refractivity contribution in [3.05, 3.63) is 28.5 Å². The van der Waals surface area contributed by atoms with Crippen LogP contribution in [0.3, 0.4) is 0 Å². The van der Waals surface area contributed by atoms with Gasteiger partial charge in [0.15, 0.2) is 0 Å². The average Bonchev–Trinajstić information content (AvgIpc) is 2.39. The van der Waals surface area contributed by atoms with Gasteiger partial charge in [-0.2, -0.15) is 11.8 Å². The molecule has 1 aromatic carbocycles. The first-order chi connectivity index (χ1) is 9.42. The second-order valence-electron chi connectivity index (χ2n) is 4.05. The molecule has 0 aliphatic heterocycles. The Morgan fingerprint density at radius 3 is 2.70 bits per heavy atom. The summed E-state index contributed by atoms with van der Waals surface area (Å²) in [4.78, 5) is -0.404. The van der Waals surface area contributed by atoms with Gasteiger partial charge >= 0.3 is 0 Å². The second-order valence-corrected chi connectivity index (χ2v) is 7.21. The molecule has 4 nitrogen and oxygen atoms in total. The normalized spacial score (nSPS) is 11.8. The standard InChI is InChI=1S/C12H18ClFN2O2S2/c1-3-15-8-9-6-10(13)7-11(12(9)14)20(17,18)16-4-5-19-2/h6-7,15-16H,3-5,8H2,1-2H3.